The highest BCUT2D eigenvalue weighted by molar-refractivity contribution is 6.35. The number of nitrogens with one attached hydrogen (secondary N) is 1. The van der Waals surface area contributed by atoms with Crippen LogP contribution in [-0.4, -0.2) is 16.3 Å². The molecule has 29 heavy (non-hydrogen) atoms. The summed E-state index contributed by atoms with van der Waals surface area (Å²) in [4.78, 5) is 0. The fourth-order valence-corrected chi connectivity index (χ4v) is 4.11. The molecule has 1 aliphatic rings. The molecule has 2 heterocycles. The number of hydrogen-bond donors (Lipinski definition) is 1. The maximum Gasteiger partial charge on any atom is 0.418 e. The lowest BCUT2D eigenvalue weighted by atomic mass is 10.0. The Kier molecular flexibility index (Phi) is 5.49. The van der Waals surface area contributed by atoms with Gasteiger partial charge in [-0.05, 0) is 49.1 Å². The molecular weight excluding hydrogens is 422 g/mol. The van der Waals surface area contributed by atoms with Crippen LogP contribution in [0.3, 0.4) is 0 Å². The number of para-hydroxylation sites is 1. The van der Waals surface area contributed by atoms with E-state index in [0.29, 0.717) is 28.8 Å². The minimum atomic E-state index is -4.47. The average molecular weight is 440 g/mol. The van der Waals surface area contributed by atoms with E-state index < -0.39 is 11.7 Å². The first kappa shape index (κ1) is 20.1. The number of benzene rings is 2. The van der Waals surface area contributed by atoms with Crippen LogP contribution in [0.2, 0.25) is 10.0 Å². The number of rotatable bonds is 3. The quantitative estimate of drug-likeness (QED) is 0.502. The van der Waals surface area contributed by atoms with Crippen LogP contribution >= 0.6 is 23.2 Å². The summed E-state index contributed by atoms with van der Waals surface area (Å²) in [6, 6.07) is 10.7. The van der Waals surface area contributed by atoms with E-state index in [1.807, 2.05) is 6.07 Å². The van der Waals surface area contributed by atoms with Crippen molar-refractivity contribution < 1.29 is 13.2 Å². The fourth-order valence-electron chi connectivity index (χ4n) is 3.63. The molecule has 8 heteroatoms. The van der Waals surface area contributed by atoms with Gasteiger partial charge in [0.25, 0.3) is 0 Å². The highest BCUT2D eigenvalue weighted by Crippen LogP contribution is 2.37. The van der Waals surface area contributed by atoms with Crippen LogP contribution in [-0.2, 0) is 19.0 Å². The van der Waals surface area contributed by atoms with Gasteiger partial charge in [-0.1, -0.05) is 41.4 Å². The Balaban J connectivity index is 1.85. The number of alkyl halides is 3. The first-order valence-electron chi connectivity index (χ1n) is 9.30. The van der Waals surface area contributed by atoms with Crippen molar-refractivity contribution in [3.63, 3.8) is 0 Å². The van der Waals surface area contributed by atoms with E-state index in [9.17, 15) is 13.2 Å². The van der Waals surface area contributed by atoms with Crippen molar-refractivity contribution in [1.29, 1.82) is 0 Å². The molecule has 0 saturated heterocycles. The maximum absolute atomic E-state index is 13.6. The Morgan fingerprint density at radius 2 is 1.86 bits per heavy atom. The van der Waals surface area contributed by atoms with Gasteiger partial charge in [0.2, 0.25) is 0 Å². The van der Waals surface area contributed by atoms with Gasteiger partial charge < -0.3 is 5.32 Å². The van der Waals surface area contributed by atoms with E-state index in [1.165, 1.54) is 16.8 Å². The van der Waals surface area contributed by atoms with E-state index in [2.05, 4.69) is 10.4 Å². The minimum absolute atomic E-state index is 0.0131. The summed E-state index contributed by atoms with van der Waals surface area (Å²) in [7, 11) is 0. The third kappa shape index (κ3) is 4.09. The molecule has 0 spiro atoms. The van der Waals surface area contributed by atoms with Crippen molar-refractivity contribution in [3.05, 3.63) is 74.9 Å². The maximum atomic E-state index is 13.6. The summed E-state index contributed by atoms with van der Waals surface area (Å²) in [5.41, 5.74) is 1.78. The Morgan fingerprint density at radius 3 is 2.62 bits per heavy atom. The third-order valence-corrected chi connectivity index (χ3v) is 5.61. The smallest absolute Gasteiger partial charge is 0.370 e. The molecule has 0 amide bonds. The van der Waals surface area contributed by atoms with Gasteiger partial charge in [0.15, 0.2) is 0 Å². The zero-order valence-corrected chi connectivity index (χ0v) is 16.9. The van der Waals surface area contributed by atoms with E-state index in [4.69, 9.17) is 23.2 Å². The van der Waals surface area contributed by atoms with Crippen LogP contribution in [0.1, 0.15) is 35.2 Å². The second kappa shape index (κ2) is 7.92. The second-order valence-electron chi connectivity index (χ2n) is 7.00. The molecule has 0 bridgehead atoms. The van der Waals surface area contributed by atoms with Crippen LogP contribution in [0, 0.1) is 0 Å². The first-order chi connectivity index (χ1) is 13.8. The molecule has 0 unspecified atom stereocenters. The van der Waals surface area contributed by atoms with Crippen molar-refractivity contribution in [2.75, 3.05) is 11.9 Å². The van der Waals surface area contributed by atoms with Gasteiger partial charge in [-0.2, -0.15) is 18.3 Å². The molecule has 0 atom stereocenters. The van der Waals surface area contributed by atoms with Crippen LogP contribution < -0.4 is 5.32 Å². The average Bonchev–Trinajstić information content (AvgIpc) is 2.84. The third-order valence-electron chi connectivity index (χ3n) is 5.02. The SMILES string of the molecule is FC(F)(F)c1ccccc1-n1nc(Cc2ccc(Cl)cc2Cl)c2c1NCCCC2. The lowest BCUT2D eigenvalue weighted by Gasteiger charge is -2.15. The van der Waals surface area contributed by atoms with E-state index in [0.717, 1.165) is 42.1 Å². The zero-order valence-electron chi connectivity index (χ0n) is 15.4. The number of anilines is 1. The zero-order chi connectivity index (χ0) is 20.6. The van der Waals surface area contributed by atoms with Gasteiger partial charge in [-0.3, -0.25) is 0 Å². The molecule has 4 rings (SSSR count). The van der Waals surface area contributed by atoms with Crippen LogP contribution in [0.25, 0.3) is 5.69 Å². The van der Waals surface area contributed by atoms with Crippen molar-refractivity contribution in [1.82, 2.24) is 9.78 Å². The summed E-state index contributed by atoms with van der Waals surface area (Å²) in [6.45, 7) is 0.689. The molecule has 0 saturated carbocycles. The molecule has 152 valence electrons. The summed E-state index contributed by atoms with van der Waals surface area (Å²) >= 11 is 12.3. The van der Waals surface area contributed by atoms with E-state index >= 15 is 0 Å². The lowest BCUT2D eigenvalue weighted by molar-refractivity contribution is -0.137. The molecule has 0 aliphatic carbocycles. The lowest BCUT2D eigenvalue weighted by Crippen LogP contribution is -2.14. The summed E-state index contributed by atoms with van der Waals surface area (Å²) in [5, 5.41) is 8.92. The van der Waals surface area contributed by atoms with Gasteiger partial charge in [-0.15, -0.1) is 0 Å². The minimum Gasteiger partial charge on any atom is -0.370 e. The predicted molar refractivity (Wildman–Crippen MR) is 109 cm³/mol. The number of nitrogens with zero attached hydrogens (tertiary/aromatic N) is 2. The second-order valence-corrected chi connectivity index (χ2v) is 7.84. The molecule has 0 fully saturated rings. The molecule has 3 nitrogen and oxygen atoms in total. The highest BCUT2D eigenvalue weighted by Gasteiger charge is 2.35. The number of halogens is 5. The predicted octanol–water partition coefficient (Wildman–Crippen LogP) is 6.54. The van der Waals surface area contributed by atoms with Crippen LogP contribution in [0.4, 0.5) is 19.0 Å². The molecule has 1 N–H and O–H groups in total. The standard InChI is InChI=1S/C21H18Cl2F3N3/c22-14-9-8-13(17(23)12-14)11-18-15-5-3-4-10-27-20(15)29(28-18)19-7-2-1-6-16(19)21(24,25)26/h1-2,6-9,12,27H,3-5,10-11H2. The van der Waals surface area contributed by atoms with Crippen molar-refractivity contribution in [2.24, 2.45) is 0 Å². The Labute approximate surface area is 176 Å². The summed E-state index contributed by atoms with van der Waals surface area (Å²) in [6.07, 6.45) is -1.43. The van der Waals surface area contributed by atoms with E-state index in [1.54, 1.807) is 18.2 Å². The summed E-state index contributed by atoms with van der Waals surface area (Å²) in [5.74, 6) is 0.624. The molecule has 1 aromatic heterocycles. The summed E-state index contributed by atoms with van der Waals surface area (Å²) < 4.78 is 42.2. The Bertz CT molecular complexity index is 1040. The van der Waals surface area contributed by atoms with Crippen molar-refractivity contribution >= 4 is 29.0 Å². The largest absolute Gasteiger partial charge is 0.418 e. The molecule has 0 radical (unpaired) electrons. The topological polar surface area (TPSA) is 29.9 Å². The van der Waals surface area contributed by atoms with Gasteiger partial charge in [0, 0.05) is 28.6 Å². The molecule has 1 aliphatic heterocycles. The fraction of sp³-hybridized carbons (Fsp3) is 0.286. The van der Waals surface area contributed by atoms with Crippen LogP contribution in [0.5, 0.6) is 0 Å². The number of hydrogen-bond acceptors (Lipinski definition) is 2. The van der Waals surface area contributed by atoms with Crippen LogP contribution in [0.15, 0.2) is 42.5 Å². The molecular formula is C21H18Cl2F3N3. The molecule has 3 aromatic rings. The normalized spacial score (nSPS) is 14.2. The number of fused-ring (bicyclic) bond motifs is 1. The van der Waals surface area contributed by atoms with Gasteiger partial charge in [0.1, 0.15) is 5.82 Å². The van der Waals surface area contributed by atoms with Gasteiger partial charge in [0.05, 0.1) is 16.9 Å². The van der Waals surface area contributed by atoms with Gasteiger partial charge in [-0.25, -0.2) is 4.68 Å². The molecule has 2 aromatic carbocycles. The highest BCUT2D eigenvalue weighted by atomic mass is 35.5. The van der Waals surface area contributed by atoms with Crippen molar-refractivity contribution in [3.8, 4) is 5.69 Å². The first-order valence-corrected chi connectivity index (χ1v) is 10.1. The van der Waals surface area contributed by atoms with Crippen molar-refractivity contribution in [2.45, 2.75) is 31.9 Å². The Hall–Kier alpha value is -2.18. The van der Waals surface area contributed by atoms with E-state index in [-0.39, 0.29) is 5.69 Å². The Morgan fingerprint density at radius 1 is 1.07 bits per heavy atom. The number of aromatic nitrogens is 2. The monoisotopic (exact) mass is 439 g/mol. The van der Waals surface area contributed by atoms with Gasteiger partial charge >= 0.3 is 6.18 Å².